The number of rotatable bonds is 9. The monoisotopic (exact) mass is 518 g/mol. The largest absolute Gasteiger partial charge is 0.480 e. The number of carboxylic acids is 1. The number of aliphatic hydroxyl groups is 1. The number of carboxylic acid groups (broad SMARTS) is 1. The molecule has 0 radical (unpaired) electrons. The minimum atomic E-state index is -1.04. The number of aliphatic hydroxyl groups excluding tert-OH is 1. The summed E-state index contributed by atoms with van der Waals surface area (Å²) in [6.45, 7) is 8.54. The lowest BCUT2D eigenvalue weighted by Gasteiger charge is -2.33. The molecule has 202 valence electrons. The first-order valence-electron chi connectivity index (χ1n) is 12.1. The number of aliphatic carboxylic acids is 1. The van der Waals surface area contributed by atoms with Crippen molar-refractivity contribution in [2.45, 2.75) is 52.6 Å². The normalized spacial score (nSPS) is 18.1. The molecule has 12 nitrogen and oxygen atoms in total. The second-order valence-electron chi connectivity index (χ2n) is 8.97. The smallest absolute Gasteiger partial charge is 0.326 e. The first-order chi connectivity index (χ1) is 17.5. The lowest BCUT2D eigenvalue weighted by molar-refractivity contribution is -0.156. The summed E-state index contributed by atoms with van der Waals surface area (Å²) in [5.74, 6) is -3.63. The van der Waals surface area contributed by atoms with Crippen LogP contribution in [0.2, 0.25) is 0 Å². The summed E-state index contributed by atoms with van der Waals surface area (Å²) < 4.78 is 0. The van der Waals surface area contributed by atoms with Gasteiger partial charge in [-0.1, -0.05) is 39.8 Å². The molecular formula is C25H34N4O8. The quantitative estimate of drug-likeness (QED) is 0.390. The van der Waals surface area contributed by atoms with Gasteiger partial charge in [0.25, 0.3) is 17.7 Å². The highest BCUT2D eigenvalue weighted by atomic mass is 16.4. The van der Waals surface area contributed by atoms with Crippen LogP contribution in [0.25, 0.3) is 0 Å². The van der Waals surface area contributed by atoms with Crippen LogP contribution in [0.5, 0.6) is 0 Å². The first kappa shape index (κ1) is 29.6. The van der Waals surface area contributed by atoms with Gasteiger partial charge < -0.3 is 15.5 Å². The Labute approximate surface area is 215 Å². The zero-order valence-corrected chi connectivity index (χ0v) is 21.5. The number of fused-ring (bicyclic) bond motifs is 1. The topological polar surface area (TPSA) is 165 Å². The predicted molar refractivity (Wildman–Crippen MR) is 131 cm³/mol. The molecule has 0 spiro atoms. The van der Waals surface area contributed by atoms with Crippen LogP contribution >= 0.6 is 0 Å². The molecule has 12 heteroatoms. The standard InChI is InChI=1S/C14H12N2O5.C11H22N2O3/c17-7-15-11(18)6-5-10(14(15)21)16-12(19)8-3-1-2-4-9(8)13(16)20;1-5-13(6-2)7-9(14)12-10(8(3)4)11(15)16/h1-4,10,17H,5-7H2;8,10H,5-7H2,1-4H3,(H,12,14)(H,15,16)/t;10-/m.0/s1. The number of likely N-dealkylation sites (N-methyl/N-ethyl adjacent to an activating group) is 1. The third kappa shape index (κ3) is 6.77. The number of hydrogen-bond donors (Lipinski definition) is 3. The second-order valence-corrected chi connectivity index (χ2v) is 8.97. The molecule has 3 rings (SSSR count). The Morgan fingerprint density at radius 2 is 1.59 bits per heavy atom. The SMILES string of the molecule is CCN(CC)CC(=O)N[C@H](C(=O)O)C(C)C.O=C1CCC(N2C(=O)c3ccccc3C2=O)C(=O)N1CO. The van der Waals surface area contributed by atoms with Crippen molar-refractivity contribution in [2.75, 3.05) is 26.4 Å². The van der Waals surface area contributed by atoms with Crippen molar-refractivity contribution >= 4 is 35.5 Å². The molecule has 1 aromatic carbocycles. The van der Waals surface area contributed by atoms with Crippen molar-refractivity contribution in [3.63, 3.8) is 0 Å². The highest BCUT2D eigenvalue weighted by molar-refractivity contribution is 6.23. The fourth-order valence-electron chi connectivity index (χ4n) is 4.08. The molecule has 1 aromatic rings. The number of piperidine rings is 1. The van der Waals surface area contributed by atoms with Crippen LogP contribution in [0, 0.1) is 5.92 Å². The van der Waals surface area contributed by atoms with Crippen molar-refractivity contribution in [2.24, 2.45) is 5.92 Å². The van der Waals surface area contributed by atoms with Gasteiger partial charge in [-0.05, 0) is 37.6 Å². The Kier molecular flexibility index (Phi) is 10.4. The van der Waals surface area contributed by atoms with Crippen LogP contribution in [0.15, 0.2) is 24.3 Å². The predicted octanol–water partition coefficient (Wildman–Crippen LogP) is 0.304. The van der Waals surface area contributed by atoms with E-state index in [-0.39, 0.29) is 42.3 Å². The summed E-state index contributed by atoms with van der Waals surface area (Å²) in [6.07, 6.45) is 0.0873. The number of hydrogen-bond acceptors (Lipinski definition) is 8. The van der Waals surface area contributed by atoms with Crippen LogP contribution in [0.4, 0.5) is 0 Å². The number of nitrogens with one attached hydrogen (secondary N) is 1. The van der Waals surface area contributed by atoms with Crippen LogP contribution in [-0.2, 0) is 19.2 Å². The number of nitrogens with zero attached hydrogens (tertiary/aromatic N) is 3. The van der Waals surface area contributed by atoms with E-state index in [0.717, 1.165) is 18.0 Å². The molecule has 2 aliphatic rings. The van der Waals surface area contributed by atoms with E-state index in [1.807, 2.05) is 18.7 Å². The molecule has 2 aliphatic heterocycles. The van der Waals surface area contributed by atoms with Crippen molar-refractivity contribution < 1.29 is 39.0 Å². The van der Waals surface area contributed by atoms with Gasteiger partial charge in [-0.25, -0.2) is 4.79 Å². The van der Waals surface area contributed by atoms with Crippen LogP contribution < -0.4 is 5.32 Å². The number of imide groups is 2. The van der Waals surface area contributed by atoms with Gasteiger partial charge in [0, 0.05) is 6.42 Å². The minimum Gasteiger partial charge on any atom is -0.480 e. The number of carbonyl (C=O) groups is 6. The molecule has 0 bridgehead atoms. The average Bonchev–Trinajstić information content (AvgIpc) is 3.11. The number of amides is 5. The highest BCUT2D eigenvalue weighted by Crippen LogP contribution is 2.28. The molecule has 37 heavy (non-hydrogen) atoms. The summed E-state index contributed by atoms with van der Waals surface area (Å²) >= 11 is 0. The van der Waals surface area contributed by atoms with Gasteiger partial charge in [0.2, 0.25) is 11.8 Å². The van der Waals surface area contributed by atoms with Gasteiger partial charge in [0.1, 0.15) is 18.8 Å². The van der Waals surface area contributed by atoms with Crippen LogP contribution in [-0.4, -0.2) is 98.9 Å². The highest BCUT2D eigenvalue weighted by Gasteiger charge is 2.46. The summed E-state index contributed by atoms with van der Waals surface area (Å²) in [7, 11) is 0. The van der Waals surface area contributed by atoms with Crippen molar-refractivity contribution in [1.82, 2.24) is 20.0 Å². The third-order valence-electron chi connectivity index (χ3n) is 6.27. The number of carbonyl (C=O) groups excluding carboxylic acids is 5. The van der Waals surface area contributed by atoms with Crippen molar-refractivity contribution in [3.8, 4) is 0 Å². The van der Waals surface area contributed by atoms with Crippen LogP contribution in [0.1, 0.15) is 61.3 Å². The number of benzene rings is 1. The molecule has 5 amide bonds. The van der Waals surface area contributed by atoms with Crippen molar-refractivity contribution in [1.29, 1.82) is 0 Å². The van der Waals surface area contributed by atoms with Gasteiger partial charge >= 0.3 is 5.97 Å². The average molecular weight is 519 g/mol. The summed E-state index contributed by atoms with van der Waals surface area (Å²) in [5, 5.41) is 20.5. The second kappa shape index (κ2) is 13.1. The minimum absolute atomic E-state index is 0.00434. The van der Waals surface area contributed by atoms with E-state index in [4.69, 9.17) is 10.2 Å². The van der Waals surface area contributed by atoms with E-state index in [2.05, 4.69) is 5.32 Å². The summed E-state index contributed by atoms with van der Waals surface area (Å²) in [6, 6.07) is 4.49. The third-order valence-corrected chi connectivity index (χ3v) is 6.27. The Bertz CT molecular complexity index is 1020. The molecule has 1 fully saturated rings. The zero-order valence-electron chi connectivity index (χ0n) is 21.5. The number of likely N-dealkylation sites (tertiary alicyclic amines) is 1. The summed E-state index contributed by atoms with van der Waals surface area (Å²) in [5.41, 5.74) is 0.505. The molecule has 0 aliphatic carbocycles. The van der Waals surface area contributed by atoms with E-state index < -0.39 is 48.4 Å². The lowest BCUT2D eigenvalue weighted by atomic mass is 10.0. The molecule has 1 unspecified atom stereocenters. The Hall–Kier alpha value is -3.64. The molecule has 2 heterocycles. The van der Waals surface area contributed by atoms with E-state index in [0.29, 0.717) is 4.90 Å². The zero-order chi connectivity index (χ0) is 27.9. The molecule has 0 aromatic heterocycles. The Morgan fingerprint density at radius 3 is 2.03 bits per heavy atom. The Balaban J connectivity index is 0.000000273. The van der Waals surface area contributed by atoms with E-state index in [9.17, 15) is 28.8 Å². The van der Waals surface area contributed by atoms with Gasteiger partial charge in [0.05, 0.1) is 17.7 Å². The molecule has 2 atom stereocenters. The van der Waals surface area contributed by atoms with E-state index in [1.54, 1.807) is 26.0 Å². The molecule has 3 N–H and O–H groups in total. The van der Waals surface area contributed by atoms with Gasteiger partial charge in [-0.3, -0.25) is 38.7 Å². The lowest BCUT2D eigenvalue weighted by Crippen LogP contribution is -2.56. The fraction of sp³-hybridized carbons (Fsp3) is 0.520. The molecular weight excluding hydrogens is 484 g/mol. The summed E-state index contributed by atoms with van der Waals surface area (Å²) in [4.78, 5) is 74.3. The molecule has 1 saturated heterocycles. The maximum Gasteiger partial charge on any atom is 0.326 e. The maximum absolute atomic E-state index is 12.3. The van der Waals surface area contributed by atoms with E-state index >= 15 is 0 Å². The van der Waals surface area contributed by atoms with Gasteiger partial charge in [-0.2, -0.15) is 0 Å². The Morgan fingerprint density at radius 1 is 1.05 bits per heavy atom. The maximum atomic E-state index is 12.3. The van der Waals surface area contributed by atoms with Gasteiger partial charge in [-0.15, -0.1) is 0 Å². The fourth-order valence-corrected chi connectivity index (χ4v) is 4.08. The van der Waals surface area contributed by atoms with Crippen LogP contribution in [0.3, 0.4) is 0 Å². The van der Waals surface area contributed by atoms with Gasteiger partial charge in [0.15, 0.2) is 0 Å². The molecule has 0 saturated carbocycles. The van der Waals surface area contributed by atoms with Crippen molar-refractivity contribution in [3.05, 3.63) is 35.4 Å². The van der Waals surface area contributed by atoms with E-state index in [1.165, 1.54) is 12.1 Å². The first-order valence-corrected chi connectivity index (χ1v) is 12.1.